The summed E-state index contributed by atoms with van der Waals surface area (Å²) in [6.45, 7) is 2.61. The number of aliphatic hydroxyl groups excluding tert-OH is 1. The zero-order valence-corrected chi connectivity index (χ0v) is 12.5. The number of nitrogens with zero attached hydrogens (tertiary/aromatic N) is 4. The lowest BCUT2D eigenvalue weighted by Crippen LogP contribution is -2.20. The molecule has 22 heavy (non-hydrogen) atoms. The van der Waals surface area contributed by atoms with Crippen molar-refractivity contribution in [3.05, 3.63) is 42.6 Å². The molecule has 7 heteroatoms. The second-order valence-corrected chi connectivity index (χ2v) is 5.09. The molecule has 1 aliphatic heterocycles. The molecule has 3 aromatic rings. The lowest BCUT2D eigenvalue weighted by molar-refractivity contribution is 0.224. The van der Waals surface area contributed by atoms with Gasteiger partial charge in [-0.1, -0.05) is 6.07 Å². The molecule has 1 unspecified atom stereocenters. The van der Waals surface area contributed by atoms with Gasteiger partial charge >= 0.3 is 0 Å². The van der Waals surface area contributed by atoms with Gasteiger partial charge in [0.2, 0.25) is 0 Å². The van der Waals surface area contributed by atoms with E-state index in [1.54, 1.807) is 19.4 Å². The highest BCUT2D eigenvalue weighted by Gasteiger charge is 2.15. The predicted molar refractivity (Wildman–Crippen MR) is 85.4 cm³/mol. The van der Waals surface area contributed by atoms with Crippen LogP contribution in [0.1, 0.15) is 12.5 Å². The van der Waals surface area contributed by atoms with Crippen molar-refractivity contribution in [1.82, 2.24) is 19.5 Å². The molecule has 114 valence electrons. The number of rotatable bonds is 2. The zero-order chi connectivity index (χ0) is 15.5. The van der Waals surface area contributed by atoms with E-state index in [-0.39, 0.29) is 0 Å². The van der Waals surface area contributed by atoms with Crippen LogP contribution in [-0.2, 0) is 13.6 Å². The van der Waals surface area contributed by atoms with E-state index in [2.05, 4.69) is 25.6 Å². The number of aliphatic hydroxyl groups is 1. The van der Waals surface area contributed by atoms with E-state index in [0.717, 1.165) is 23.4 Å². The highest BCUT2D eigenvalue weighted by atomic mass is 16.3. The number of imidazole rings is 1. The highest BCUT2D eigenvalue weighted by molar-refractivity contribution is 5.71. The molecule has 1 aliphatic rings. The van der Waals surface area contributed by atoms with Crippen molar-refractivity contribution in [2.45, 2.75) is 19.7 Å². The smallest absolute Gasteiger partial charge is 0.162 e. The van der Waals surface area contributed by atoms with Gasteiger partial charge in [0, 0.05) is 30.5 Å². The van der Waals surface area contributed by atoms with Crippen LogP contribution in [-0.4, -0.2) is 30.9 Å². The third-order valence-corrected chi connectivity index (χ3v) is 3.37. The predicted octanol–water partition coefficient (Wildman–Crippen LogP) is 1.73. The van der Waals surface area contributed by atoms with E-state index in [9.17, 15) is 0 Å². The minimum atomic E-state index is -0.489. The highest BCUT2D eigenvalue weighted by Crippen LogP contribution is 2.32. The van der Waals surface area contributed by atoms with Crippen molar-refractivity contribution >= 4 is 22.5 Å². The van der Waals surface area contributed by atoms with Crippen LogP contribution in [0.2, 0.25) is 0 Å². The van der Waals surface area contributed by atoms with E-state index in [1.807, 2.05) is 29.8 Å². The maximum absolute atomic E-state index is 9.11. The summed E-state index contributed by atoms with van der Waals surface area (Å²) in [6, 6.07) is 5.98. The van der Waals surface area contributed by atoms with E-state index in [0.29, 0.717) is 0 Å². The van der Waals surface area contributed by atoms with Gasteiger partial charge in [0.15, 0.2) is 5.65 Å². The summed E-state index contributed by atoms with van der Waals surface area (Å²) in [5.41, 5.74) is 5.17. The molecule has 1 aromatic carbocycles. The molecule has 0 saturated heterocycles. The van der Waals surface area contributed by atoms with Gasteiger partial charge in [-0.3, -0.25) is 0 Å². The molecule has 3 N–H and O–H groups in total. The van der Waals surface area contributed by atoms with Crippen molar-refractivity contribution in [2.24, 2.45) is 7.05 Å². The summed E-state index contributed by atoms with van der Waals surface area (Å²) in [6.07, 6.45) is 4.45. The third kappa shape index (κ3) is 2.84. The Morgan fingerprint density at radius 2 is 2.23 bits per heavy atom. The van der Waals surface area contributed by atoms with Crippen LogP contribution in [0.5, 0.6) is 0 Å². The normalized spacial score (nSPS) is 13.2. The van der Waals surface area contributed by atoms with Crippen molar-refractivity contribution < 1.29 is 5.11 Å². The van der Waals surface area contributed by atoms with Gasteiger partial charge < -0.3 is 20.3 Å². The monoisotopic (exact) mass is 298 g/mol. The van der Waals surface area contributed by atoms with Crippen LogP contribution in [0.4, 0.5) is 11.4 Å². The number of benzene rings is 1. The van der Waals surface area contributed by atoms with Crippen LogP contribution in [0, 0.1) is 0 Å². The topological polar surface area (TPSA) is 87.9 Å². The van der Waals surface area contributed by atoms with Gasteiger partial charge in [0.25, 0.3) is 0 Å². The first-order valence-corrected chi connectivity index (χ1v) is 7.02. The minimum Gasteiger partial charge on any atom is -0.380 e. The Bertz CT molecular complexity index is 783. The van der Waals surface area contributed by atoms with Gasteiger partial charge in [0.05, 0.1) is 12.5 Å². The van der Waals surface area contributed by atoms with Crippen molar-refractivity contribution in [2.75, 3.05) is 10.6 Å². The summed E-state index contributed by atoms with van der Waals surface area (Å²) >= 11 is 0. The van der Waals surface area contributed by atoms with Gasteiger partial charge in [-0.25, -0.2) is 15.0 Å². The Kier molecular flexibility index (Phi) is 3.88. The van der Waals surface area contributed by atoms with Crippen LogP contribution in [0.3, 0.4) is 0 Å². The number of fused-ring (bicyclic) bond motifs is 2. The molecule has 3 heterocycles. The maximum atomic E-state index is 9.11. The Labute approximate surface area is 128 Å². The molecular formula is C15H18N6O. The Hall–Kier alpha value is -2.67. The number of hydrogen-bond donors (Lipinski definition) is 3. The molecule has 0 radical (unpaired) electrons. The van der Waals surface area contributed by atoms with E-state index >= 15 is 0 Å². The molecule has 0 aliphatic carbocycles. The fourth-order valence-electron chi connectivity index (χ4n) is 2.26. The number of nitrogens with one attached hydrogen (secondary N) is 2. The first-order valence-electron chi connectivity index (χ1n) is 7.02. The maximum Gasteiger partial charge on any atom is 0.162 e. The molecule has 0 amide bonds. The first kappa shape index (κ1) is 14.3. The average molecular weight is 298 g/mol. The third-order valence-electron chi connectivity index (χ3n) is 3.37. The first-order chi connectivity index (χ1) is 10.6. The van der Waals surface area contributed by atoms with Crippen LogP contribution in [0.25, 0.3) is 11.2 Å². The van der Waals surface area contributed by atoms with Crippen LogP contribution in [0.15, 0.2) is 37.1 Å². The van der Waals surface area contributed by atoms with E-state index in [4.69, 9.17) is 5.11 Å². The summed E-state index contributed by atoms with van der Waals surface area (Å²) in [5.74, 6) is 0. The molecule has 4 rings (SSSR count). The number of aromatic nitrogens is 4. The van der Waals surface area contributed by atoms with Crippen LogP contribution < -0.4 is 10.6 Å². The van der Waals surface area contributed by atoms with Crippen LogP contribution >= 0.6 is 0 Å². The summed E-state index contributed by atoms with van der Waals surface area (Å²) in [5, 5.41) is 15.3. The molecule has 2 aromatic heterocycles. The SMILES string of the molecule is CC(O)Nc1cccc2c1CN2.Cn1cnc2cncnc21. The lowest BCUT2D eigenvalue weighted by atomic mass is 10.0. The number of aryl methyl sites for hydroxylation is 1. The molecular weight excluding hydrogens is 280 g/mol. The summed E-state index contributed by atoms with van der Waals surface area (Å²) < 4.78 is 1.86. The second kappa shape index (κ2) is 5.98. The zero-order valence-electron chi connectivity index (χ0n) is 12.5. The van der Waals surface area contributed by atoms with Crippen molar-refractivity contribution in [1.29, 1.82) is 0 Å². The Morgan fingerprint density at radius 1 is 1.36 bits per heavy atom. The van der Waals surface area contributed by atoms with Crippen molar-refractivity contribution in [3.63, 3.8) is 0 Å². The molecule has 0 fully saturated rings. The van der Waals surface area contributed by atoms with Gasteiger partial charge in [0.1, 0.15) is 18.1 Å². The molecule has 0 spiro atoms. The lowest BCUT2D eigenvalue weighted by Gasteiger charge is -2.25. The van der Waals surface area contributed by atoms with E-state index < -0.39 is 6.23 Å². The van der Waals surface area contributed by atoms with Gasteiger partial charge in [-0.05, 0) is 19.1 Å². The largest absolute Gasteiger partial charge is 0.380 e. The molecule has 7 nitrogen and oxygen atoms in total. The Balaban J connectivity index is 0.000000133. The fraction of sp³-hybridized carbons (Fsp3) is 0.267. The Morgan fingerprint density at radius 3 is 2.91 bits per heavy atom. The average Bonchev–Trinajstić information content (AvgIpc) is 2.83. The van der Waals surface area contributed by atoms with E-state index in [1.165, 1.54) is 17.6 Å². The quantitative estimate of drug-likeness (QED) is 0.624. The summed E-state index contributed by atoms with van der Waals surface area (Å²) in [4.78, 5) is 11.9. The van der Waals surface area contributed by atoms with Crippen molar-refractivity contribution in [3.8, 4) is 0 Å². The number of anilines is 2. The molecule has 0 bridgehead atoms. The second-order valence-electron chi connectivity index (χ2n) is 5.09. The van der Waals surface area contributed by atoms with Gasteiger partial charge in [-0.2, -0.15) is 0 Å². The van der Waals surface area contributed by atoms with Gasteiger partial charge in [-0.15, -0.1) is 0 Å². The molecule has 1 atom stereocenters. The summed E-state index contributed by atoms with van der Waals surface area (Å²) in [7, 11) is 1.91. The standard InChI is InChI=1S/C9H12N2O.C6H6N4/c1-6(12)11-9-4-2-3-8-7(9)5-10-8;1-10-4-9-5-2-7-3-8-6(5)10/h2-4,6,10-12H,5H2,1H3;2-4H,1H3. The minimum absolute atomic E-state index is 0.489. The number of hydrogen-bond acceptors (Lipinski definition) is 6. The molecule has 0 saturated carbocycles. The fourth-order valence-corrected chi connectivity index (χ4v) is 2.26.